The van der Waals surface area contributed by atoms with Crippen LogP contribution in [0, 0.1) is 13.8 Å². The molecule has 0 bridgehead atoms. The monoisotopic (exact) mass is 334 g/mol. The molecule has 1 fully saturated rings. The van der Waals surface area contributed by atoms with Crippen molar-refractivity contribution in [3.8, 4) is 0 Å². The third-order valence-corrected chi connectivity index (χ3v) is 4.60. The summed E-state index contributed by atoms with van der Waals surface area (Å²) in [5.74, 6) is -0.631. The first-order valence-corrected chi connectivity index (χ1v) is 8.16. The third-order valence-electron chi connectivity index (χ3n) is 4.60. The summed E-state index contributed by atoms with van der Waals surface area (Å²) in [4.78, 5) is 32.2. The Kier molecular flexibility index (Phi) is 3.47. The van der Waals surface area contributed by atoms with Crippen molar-refractivity contribution < 1.29 is 14.4 Å². The van der Waals surface area contributed by atoms with Crippen molar-refractivity contribution in [1.82, 2.24) is 5.48 Å². The van der Waals surface area contributed by atoms with Gasteiger partial charge < -0.3 is 0 Å². The molecule has 5 nitrogen and oxygen atoms in total. The zero-order valence-electron chi connectivity index (χ0n) is 14.1. The Morgan fingerprint density at radius 1 is 0.960 bits per heavy atom. The van der Waals surface area contributed by atoms with Crippen LogP contribution in [0.2, 0.25) is 0 Å². The molecule has 2 aromatic carbocycles. The molecule has 0 aromatic heterocycles. The number of amides is 2. The van der Waals surface area contributed by atoms with Crippen LogP contribution in [0.25, 0.3) is 5.70 Å². The zero-order valence-corrected chi connectivity index (χ0v) is 14.1. The molecule has 126 valence electrons. The number of carbonyl (C=O) groups is 2. The molecule has 0 unspecified atom stereocenters. The fourth-order valence-electron chi connectivity index (χ4n) is 3.14. The van der Waals surface area contributed by atoms with Gasteiger partial charge in [-0.25, -0.2) is 4.90 Å². The van der Waals surface area contributed by atoms with Gasteiger partial charge in [0.15, 0.2) is 0 Å². The number of benzene rings is 2. The van der Waals surface area contributed by atoms with E-state index in [4.69, 9.17) is 4.84 Å². The highest BCUT2D eigenvalue weighted by Gasteiger charge is 2.55. The Morgan fingerprint density at radius 3 is 2.20 bits per heavy atom. The lowest BCUT2D eigenvalue weighted by molar-refractivity contribution is -0.136. The second-order valence-corrected chi connectivity index (χ2v) is 6.56. The largest absolute Gasteiger partial charge is 0.274 e. The predicted octanol–water partition coefficient (Wildman–Crippen LogP) is 2.88. The first kappa shape index (κ1) is 15.6. The lowest BCUT2D eigenvalue weighted by Gasteiger charge is -2.18. The van der Waals surface area contributed by atoms with Crippen molar-refractivity contribution in [3.05, 3.63) is 71.3 Å². The van der Waals surface area contributed by atoms with Gasteiger partial charge in [-0.2, -0.15) is 0 Å². The Bertz CT molecular complexity index is 884. The first-order valence-electron chi connectivity index (χ1n) is 8.16. The summed E-state index contributed by atoms with van der Waals surface area (Å²) < 4.78 is 0. The quantitative estimate of drug-likeness (QED) is 0.858. The lowest BCUT2D eigenvalue weighted by Crippen LogP contribution is -2.40. The molecule has 2 heterocycles. The molecule has 2 amide bonds. The predicted molar refractivity (Wildman–Crippen MR) is 94.4 cm³/mol. The number of rotatable bonds is 2. The fraction of sp³-hybridized carbons (Fsp3) is 0.200. The van der Waals surface area contributed by atoms with Crippen LogP contribution in [-0.4, -0.2) is 17.4 Å². The summed E-state index contributed by atoms with van der Waals surface area (Å²) in [6.07, 6.45) is 1.70. The minimum atomic E-state index is -1.28. The van der Waals surface area contributed by atoms with Gasteiger partial charge in [-0.1, -0.05) is 47.5 Å². The average Bonchev–Trinajstić information content (AvgIpc) is 3.12. The van der Waals surface area contributed by atoms with Crippen LogP contribution in [0.1, 0.15) is 23.1 Å². The van der Waals surface area contributed by atoms with E-state index in [0.717, 1.165) is 16.7 Å². The Morgan fingerprint density at radius 2 is 1.56 bits per heavy atom. The molecule has 1 atom stereocenters. The van der Waals surface area contributed by atoms with Crippen molar-refractivity contribution in [1.29, 1.82) is 0 Å². The molecule has 0 saturated carbocycles. The number of hydrogen-bond acceptors (Lipinski definition) is 4. The van der Waals surface area contributed by atoms with Crippen LogP contribution in [0.15, 0.2) is 54.6 Å². The first-order chi connectivity index (χ1) is 12.0. The number of aryl methyl sites for hydroxylation is 2. The van der Waals surface area contributed by atoms with E-state index in [2.05, 4.69) is 5.48 Å². The highest BCUT2D eigenvalue weighted by Crippen LogP contribution is 2.37. The molecule has 4 rings (SSSR count). The van der Waals surface area contributed by atoms with E-state index in [0.29, 0.717) is 11.4 Å². The number of hydroxylamine groups is 1. The summed E-state index contributed by atoms with van der Waals surface area (Å²) >= 11 is 0. The summed E-state index contributed by atoms with van der Waals surface area (Å²) in [7, 11) is 0. The lowest BCUT2D eigenvalue weighted by atomic mass is 9.99. The molecule has 5 heteroatoms. The molecule has 0 radical (unpaired) electrons. The zero-order chi connectivity index (χ0) is 17.6. The Balaban J connectivity index is 1.67. The minimum Gasteiger partial charge on any atom is -0.274 e. The van der Waals surface area contributed by atoms with E-state index >= 15 is 0 Å². The number of hydrogen-bond donors (Lipinski definition) is 1. The van der Waals surface area contributed by atoms with Crippen LogP contribution in [0.3, 0.4) is 0 Å². The van der Waals surface area contributed by atoms with Crippen molar-refractivity contribution >= 4 is 23.2 Å². The number of carbonyl (C=O) groups excluding carboxylic acids is 2. The fourth-order valence-corrected chi connectivity index (χ4v) is 3.14. The normalized spacial score (nSPS) is 22.5. The number of imide groups is 1. The van der Waals surface area contributed by atoms with Crippen molar-refractivity contribution in [3.63, 3.8) is 0 Å². The summed E-state index contributed by atoms with van der Waals surface area (Å²) in [6.45, 7) is 3.97. The van der Waals surface area contributed by atoms with Gasteiger partial charge in [0, 0.05) is 0 Å². The molecular weight excluding hydrogens is 316 g/mol. The van der Waals surface area contributed by atoms with Gasteiger partial charge in [0.25, 0.3) is 5.91 Å². The highest BCUT2D eigenvalue weighted by atomic mass is 16.7. The van der Waals surface area contributed by atoms with Crippen molar-refractivity contribution in [2.24, 2.45) is 0 Å². The summed E-state index contributed by atoms with van der Waals surface area (Å²) in [6, 6.07) is 15.2. The number of nitrogens with zero attached hydrogens (tertiary/aromatic N) is 1. The molecule has 1 spiro atoms. The molecule has 2 aliphatic heterocycles. The van der Waals surface area contributed by atoms with Gasteiger partial charge in [0.2, 0.25) is 11.5 Å². The van der Waals surface area contributed by atoms with Crippen LogP contribution in [0.4, 0.5) is 5.69 Å². The molecular formula is C20H18N2O3. The van der Waals surface area contributed by atoms with Gasteiger partial charge in [0.05, 0.1) is 17.8 Å². The van der Waals surface area contributed by atoms with E-state index in [1.54, 1.807) is 18.2 Å². The second-order valence-electron chi connectivity index (χ2n) is 6.56. The Hall–Kier alpha value is -2.92. The van der Waals surface area contributed by atoms with Gasteiger partial charge in [0.1, 0.15) is 0 Å². The van der Waals surface area contributed by atoms with Gasteiger partial charge in [-0.3, -0.25) is 19.9 Å². The standard InChI is InChI=1S/C20H18N2O3/c1-13-3-7-15(8-4-13)17-11-20(25-21-17)12-18(23)22(19(20)24)16-9-5-14(2)6-10-16/h3-11,21H,12H2,1-2H3/t20-/m0/s1. The Labute approximate surface area is 145 Å². The van der Waals surface area contributed by atoms with E-state index in [1.165, 1.54) is 4.90 Å². The van der Waals surface area contributed by atoms with E-state index in [9.17, 15) is 9.59 Å². The van der Waals surface area contributed by atoms with Crippen LogP contribution >= 0.6 is 0 Å². The van der Waals surface area contributed by atoms with E-state index in [-0.39, 0.29) is 18.2 Å². The smallest absolute Gasteiger partial charge is 0.273 e. The second kappa shape index (κ2) is 5.57. The van der Waals surface area contributed by atoms with Crippen molar-refractivity contribution in [2.75, 3.05) is 4.90 Å². The van der Waals surface area contributed by atoms with Gasteiger partial charge in [-0.15, -0.1) is 0 Å². The topological polar surface area (TPSA) is 58.6 Å². The number of nitrogens with one attached hydrogen (secondary N) is 1. The molecule has 2 aliphatic rings. The van der Waals surface area contributed by atoms with Gasteiger partial charge in [-0.05, 0) is 37.6 Å². The van der Waals surface area contributed by atoms with E-state index < -0.39 is 5.60 Å². The van der Waals surface area contributed by atoms with Crippen LogP contribution in [0.5, 0.6) is 0 Å². The van der Waals surface area contributed by atoms with Crippen LogP contribution in [-0.2, 0) is 14.4 Å². The maximum Gasteiger partial charge on any atom is 0.273 e. The summed E-state index contributed by atoms with van der Waals surface area (Å²) in [5, 5.41) is 0. The van der Waals surface area contributed by atoms with E-state index in [1.807, 2.05) is 50.2 Å². The molecule has 25 heavy (non-hydrogen) atoms. The van der Waals surface area contributed by atoms with Gasteiger partial charge >= 0.3 is 0 Å². The molecule has 1 saturated heterocycles. The summed E-state index contributed by atoms with van der Waals surface area (Å²) in [5.41, 5.74) is 5.94. The molecule has 2 aromatic rings. The maximum atomic E-state index is 13.0. The minimum absolute atomic E-state index is 0.0118. The average molecular weight is 334 g/mol. The van der Waals surface area contributed by atoms with Crippen molar-refractivity contribution in [2.45, 2.75) is 25.9 Å². The maximum absolute atomic E-state index is 13.0. The molecule has 0 aliphatic carbocycles. The third kappa shape index (κ3) is 2.53. The van der Waals surface area contributed by atoms with Crippen LogP contribution < -0.4 is 10.4 Å². The highest BCUT2D eigenvalue weighted by molar-refractivity contribution is 6.25. The number of anilines is 1. The SMILES string of the molecule is Cc1ccc(C2=C[C@@]3(CC(=O)N(c4ccc(C)cc4)C3=O)ON2)cc1. The molecule has 1 N–H and O–H groups in total.